The van der Waals surface area contributed by atoms with Crippen molar-refractivity contribution < 1.29 is 32.3 Å². The molecule has 202 valence electrons. The molecule has 1 fully saturated rings. The number of primary amides is 1. The van der Waals surface area contributed by atoms with Crippen LogP contribution in [0.5, 0.6) is 0 Å². The molecule has 1 aliphatic rings. The summed E-state index contributed by atoms with van der Waals surface area (Å²) in [5, 5.41) is 5.36. The lowest BCUT2D eigenvalue weighted by molar-refractivity contribution is -0.140. The minimum absolute atomic E-state index is 0.0541. The van der Waals surface area contributed by atoms with Crippen molar-refractivity contribution in [3.8, 4) is 0 Å². The van der Waals surface area contributed by atoms with Crippen molar-refractivity contribution in [2.45, 2.75) is 77.2 Å². The maximum Gasteiger partial charge on any atom is 0.416 e. The van der Waals surface area contributed by atoms with E-state index in [2.05, 4.69) is 10.6 Å². The van der Waals surface area contributed by atoms with Crippen molar-refractivity contribution in [3.63, 3.8) is 0 Å². The molecule has 0 saturated carbocycles. The monoisotopic (exact) mass is 534 g/mol. The average molecular weight is 535 g/mol. The molecular formula is C24H34ClF3N4O4. The topological polar surface area (TPSA) is 114 Å². The summed E-state index contributed by atoms with van der Waals surface area (Å²) in [6.45, 7) is 7.21. The average Bonchev–Trinajstić information content (AvgIpc) is 2.73. The fourth-order valence-electron chi connectivity index (χ4n) is 4.21. The summed E-state index contributed by atoms with van der Waals surface area (Å²) < 4.78 is 44.9. The van der Waals surface area contributed by atoms with Crippen molar-refractivity contribution in [1.29, 1.82) is 0 Å². The first-order valence-corrected chi connectivity index (χ1v) is 12.2. The van der Waals surface area contributed by atoms with Gasteiger partial charge in [0.05, 0.1) is 17.5 Å². The van der Waals surface area contributed by atoms with Crippen LogP contribution in [0.25, 0.3) is 0 Å². The summed E-state index contributed by atoms with van der Waals surface area (Å²) >= 11 is 5.88. The number of alkyl halides is 3. The number of nitrogens with two attached hydrogens (primary N) is 1. The number of piperidine rings is 1. The lowest BCUT2D eigenvalue weighted by Gasteiger charge is -2.41. The van der Waals surface area contributed by atoms with E-state index >= 15 is 0 Å². The van der Waals surface area contributed by atoms with Gasteiger partial charge in [0.15, 0.2) is 0 Å². The predicted octanol–water partition coefficient (Wildman–Crippen LogP) is 4.56. The van der Waals surface area contributed by atoms with E-state index in [1.807, 2.05) is 6.92 Å². The third-order valence-corrected chi connectivity index (χ3v) is 5.94. The molecule has 0 spiro atoms. The number of nitrogens with zero attached hydrogens (tertiary/aromatic N) is 1. The maximum atomic E-state index is 13.5. The molecular weight excluding hydrogens is 501 g/mol. The van der Waals surface area contributed by atoms with Crippen molar-refractivity contribution in [3.05, 3.63) is 28.8 Å². The van der Waals surface area contributed by atoms with Crippen LogP contribution in [0.1, 0.15) is 58.9 Å². The molecule has 3 atom stereocenters. The number of carbonyl (C=O) groups excluding carboxylic acids is 3. The molecule has 0 aromatic heterocycles. The first-order chi connectivity index (χ1) is 16.6. The molecule has 12 heteroatoms. The lowest BCUT2D eigenvalue weighted by Crippen LogP contribution is -2.59. The fraction of sp³-hybridized carbons (Fsp3) is 0.625. The highest BCUT2D eigenvalue weighted by Crippen LogP contribution is 2.34. The summed E-state index contributed by atoms with van der Waals surface area (Å²) in [6, 6.07) is 1.41. The summed E-state index contributed by atoms with van der Waals surface area (Å²) in [7, 11) is 0. The zero-order valence-electron chi connectivity index (χ0n) is 20.9. The minimum Gasteiger partial charge on any atom is -0.444 e. The quantitative estimate of drug-likeness (QED) is 0.430. The van der Waals surface area contributed by atoms with Gasteiger partial charge in [0.1, 0.15) is 11.6 Å². The first-order valence-electron chi connectivity index (χ1n) is 11.8. The van der Waals surface area contributed by atoms with Crippen LogP contribution in [0.3, 0.4) is 0 Å². The Kier molecular flexibility index (Phi) is 9.87. The molecule has 2 rings (SSSR count). The number of nitrogens with one attached hydrogen (secondary N) is 2. The minimum atomic E-state index is -4.60. The number of amides is 3. The number of rotatable bonds is 9. The van der Waals surface area contributed by atoms with Gasteiger partial charge in [-0.3, -0.25) is 9.59 Å². The van der Waals surface area contributed by atoms with Gasteiger partial charge in [-0.2, -0.15) is 13.2 Å². The van der Waals surface area contributed by atoms with Gasteiger partial charge in [-0.05, 0) is 58.2 Å². The summed E-state index contributed by atoms with van der Waals surface area (Å²) in [6.07, 6.45) is -3.41. The number of anilines is 1. The summed E-state index contributed by atoms with van der Waals surface area (Å²) in [5.41, 5.74) is 4.03. The van der Waals surface area contributed by atoms with E-state index in [1.54, 1.807) is 20.8 Å². The van der Waals surface area contributed by atoms with E-state index in [0.717, 1.165) is 12.1 Å². The van der Waals surface area contributed by atoms with Crippen LogP contribution >= 0.6 is 11.6 Å². The molecule has 0 aliphatic carbocycles. The van der Waals surface area contributed by atoms with E-state index in [9.17, 15) is 27.6 Å². The van der Waals surface area contributed by atoms with Gasteiger partial charge < -0.3 is 26.0 Å². The van der Waals surface area contributed by atoms with Gasteiger partial charge in [-0.15, -0.1) is 0 Å². The van der Waals surface area contributed by atoms with Crippen LogP contribution in [-0.2, 0) is 20.5 Å². The molecule has 0 bridgehead atoms. The second kappa shape index (κ2) is 12.0. The normalized spacial score (nSPS) is 18.4. The van der Waals surface area contributed by atoms with Gasteiger partial charge in [0.25, 0.3) is 0 Å². The van der Waals surface area contributed by atoms with Gasteiger partial charge >= 0.3 is 12.3 Å². The van der Waals surface area contributed by atoms with Crippen LogP contribution in [0.4, 0.5) is 23.7 Å². The van der Waals surface area contributed by atoms with Gasteiger partial charge in [-0.25, -0.2) is 4.79 Å². The van der Waals surface area contributed by atoms with E-state index in [0.29, 0.717) is 32.2 Å². The Morgan fingerprint density at radius 3 is 2.47 bits per heavy atom. The Balaban J connectivity index is 2.28. The Morgan fingerprint density at radius 1 is 1.25 bits per heavy atom. The van der Waals surface area contributed by atoms with Gasteiger partial charge in [-0.1, -0.05) is 24.9 Å². The molecule has 4 N–H and O–H groups in total. The Hall–Kier alpha value is -2.69. The Labute approximate surface area is 214 Å². The number of halogens is 4. The van der Waals surface area contributed by atoms with Crippen LogP contribution in [-0.4, -0.2) is 53.6 Å². The molecule has 1 heterocycles. The zero-order chi connectivity index (χ0) is 27.3. The van der Waals surface area contributed by atoms with Crippen LogP contribution in [0, 0.1) is 5.92 Å². The standard InChI is InChI=1S/C24H34ClF3N4O4/c1-5-7-17(20(29)33)19(13-30-22(35)36-23(2,3)4)32-9-6-8-18(21(32)34)31-16-11-14(24(26,27)28)10-15(25)12-16/h10-12,17-19,31H,5-9,13H2,1-4H3,(H2,29,33)(H,30,35)/t17-,18?,19-/m0/s1. The molecule has 1 unspecified atom stereocenters. The van der Waals surface area contributed by atoms with Gasteiger partial charge in [0, 0.05) is 23.8 Å². The number of benzene rings is 1. The smallest absolute Gasteiger partial charge is 0.416 e. The highest BCUT2D eigenvalue weighted by Gasteiger charge is 2.39. The molecule has 1 aromatic rings. The molecule has 0 radical (unpaired) electrons. The third kappa shape index (κ3) is 8.46. The van der Waals surface area contributed by atoms with Crippen LogP contribution in [0.2, 0.25) is 5.02 Å². The first kappa shape index (κ1) is 29.5. The Bertz CT molecular complexity index is 952. The summed E-state index contributed by atoms with van der Waals surface area (Å²) in [5.74, 6) is -1.76. The second-order valence-corrected chi connectivity index (χ2v) is 10.3. The van der Waals surface area contributed by atoms with Crippen molar-refractivity contribution in [2.75, 3.05) is 18.4 Å². The highest BCUT2D eigenvalue weighted by atomic mass is 35.5. The van der Waals surface area contributed by atoms with Crippen LogP contribution < -0.4 is 16.4 Å². The zero-order valence-corrected chi connectivity index (χ0v) is 21.6. The van der Waals surface area contributed by atoms with E-state index in [4.69, 9.17) is 22.1 Å². The lowest BCUT2D eigenvalue weighted by atomic mass is 9.90. The van der Waals surface area contributed by atoms with Gasteiger partial charge in [0.2, 0.25) is 11.8 Å². The molecule has 36 heavy (non-hydrogen) atoms. The second-order valence-electron chi connectivity index (χ2n) is 9.84. The van der Waals surface area contributed by atoms with E-state index < -0.39 is 53.2 Å². The number of hydrogen-bond donors (Lipinski definition) is 3. The molecule has 1 aromatic carbocycles. The number of alkyl carbamates (subject to hydrolysis) is 1. The number of likely N-dealkylation sites (tertiary alicyclic amines) is 1. The van der Waals surface area contributed by atoms with Crippen molar-refractivity contribution >= 4 is 35.2 Å². The maximum absolute atomic E-state index is 13.5. The van der Waals surface area contributed by atoms with Crippen LogP contribution in [0.15, 0.2) is 18.2 Å². The number of ether oxygens (including phenoxy) is 1. The molecule has 3 amide bonds. The molecule has 1 aliphatic heterocycles. The predicted molar refractivity (Wildman–Crippen MR) is 130 cm³/mol. The van der Waals surface area contributed by atoms with Crippen molar-refractivity contribution in [2.24, 2.45) is 11.7 Å². The number of carbonyl (C=O) groups is 3. The Morgan fingerprint density at radius 2 is 1.92 bits per heavy atom. The molecule has 1 saturated heterocycles. The highest BCUT2D eigenvalue weighted by molar-refractivity contribution is 6.31. The SMILES string of the molecule is CCC[C@H](C(N)=O)[C@H](CNC(=O)OC(C)(C)C)N1CCCC(Nc2cc(Cl)cc(C(F)(F)F)c2)C1=O. The van der Waals surface area contributed by atoms with E-state index in [-0.39, 0.29) is 17.3 Å². The third-order valence-electron chi connectivity index (χ3n) is 5.72. The van der Waals surface area contributed by atoms with E-state index in [1.165, 1.54) is 11.0 Å². The molecule has 8 nitrogen and oxygen atoms in total. The summed E-state index contributed by atoms with van der Waals surface area (Å²) in [4.78, 5) is 39.5. The van der Waals surface area contributed by atoms with Crippen molar-refractivity contribution in [1.82, 2.24) is 10.2 Å². The largest absolute Gasteiger partial charge is 0.444 e. The number of hydrogen-bond acceptors (Lipinski definition) is 5. The fourth-order valence-corrected chi connectivity index (χ4v) is 4.44.